The number of aromatic nitrogens is 5. The third-order valence-electron chi connectivity index (χ3n) is 7.65. The van der Waals surface area contributed by atoms with Crippen LogP contribution >= 0.6 is 0 Å². The molecule has 10 heteroatoms. The van der Waals surface area contributed by atoms with E-state index in [9.17, 15) is 9.59 Å². The number of nitrogens with zero attached hydrogens (tertiary/aromatic N) is 4. The van der Waals surface area contributed by atoms with Crippen LogP contribution in [0.2, 0.25) is 0 Å². The molecular formula is C30H34N8O2. The highest BCUT2D eigenvalue weighted by Crippen LogP contribution is 2.28. The van der Waals surface area contributed by atoms with Crippen LogP contribution in [-0.4, -0.2) is 50.0 Å². The highest BCUT2D eigenvalue weighted by molar-refractivity contribution is 5.97. The number of hydrogen-bond acceptors (Lipinski definition) is 7. The summed E-state index contributed by atoms with van der Waals surface area (Å²) in [6.07, 6.45) is 5.60. The fourth-order valence-corrected chi connectivity index (χ4v) is 5.22. The molecular weight excluding hydrogens is 504 g/mol. The number of H-pyrrole nitrogens is 1. The number of benzene rings is 2. The number of anilines is 1. The molecule has 1 fully saturated rings. The summed E-state index contributed by atoms with van der Waals surface area (Å²) in [4.78, 5) is 31.1. The molecule has 40 heavy (non-hydrogen) atoms. The number of rotatable bonds is 9. The van der Waals surface area contributed by atoms with Crippen molar-refractivity contribution in [3.63, 3.8) is 0 Å². The summed E-state index contributed by atoms with van der Waals surface area (Å²) in [5, 5.41) is 20.0. The molecule has 0 saturated heterocycles. The van der Waals surface area contributed by atoms with Crippen LogP contribution in [0.5, 0.6) is 0 Å². The van der Waals surface area contributed by atoms with E-state index < -0.39 is 6.04 Å². The van der Waals surface area contributed by atoms with Gasteiger partial charge >= 0.3 is 0 Å². The number of carbonyl (C=O) groups excluding carboxylic acids is 2. The Balaban J connectivity index is 1.30. The van der Waals surface area contributed by atoms with Crippen molar-refractivity contribution in [3.05, 3.63) is 78.1 Å². The van der Waals surface area contributed by atoms with Gasteiger partial charge in [-0.05, 0) is 91.7 Å². The molecule has 4 aromatic rings. The lowest BCUT2D eigenvalue weighted by Gasteiger charge is -2.28. The van der Waals surface area contributed by atoms with Crippen LogP contribution in [0.25, 0.3) is 22.5 Å². The molecule has 2 amide bonds. The van der Waals surface area contributed by atoms with E-state index in [1.807, 2.05) is 55.5 Å². The smallest absolute Gasteiger partial charge is 0.247 e. The summed E-state index contributed by atoms with van der Waals surface area (Å²) in [5.74, 6) is 0.482. The number of carbonyl (C=O) groups is 2. The number of amides is 2. The maximum atomic E-state index is 13.5. The zero-order valence-corrected chi connectivity index (χ0v) is 22.5. The van der Waals surface area contributed by atoms with Gasteiger partial charge in [0.15, 0.2) is 0 Å². The summed E-state index contributed by atoms with van der Waals surface area (Å²) >= 11 is 0. The van der Waals surface area contributed by atoms with Gasteiger partial charge in [0.2, 0.25) is 17.6 Å². The summed E-state index contributed by atoms with van der Waals surface area (Å²) in [6, 6.07) is 18.5. The van der Waals surface area contributed by atoms with Crippen molar-refractivity contribution in [2.75, 3.05) is 11.9 Å². The summed E-state index contributed by atoms with van der Waals surface area (Å²) in [7, 11) is 0. The summed E-state index contributed by atoms with van der Waals surface area (Å²) < 4.78 is 0. The highest BCUT2D eigenvalue weighted by atomic mass is 16.2. The third kappa shape index (κ3) is 6.58. The largest absolute Gasteiger partial charge is 0.344 e. The average molecular weight is 539 g/mol. The van der Waals surface area contributed by atoms with Crippen LogP contribution in [0.3, 0.4) is 0 Å². The minimum atomic E-state index is -0.734. The van der Waals surface area contributed by atoms with Crippen molar-refractivity contribution in [2.45, 2.75) is 45.1 Å². The monoisotopic (exact) mass is 538 g/mol. The second kappa shape index (κ2) is 12.6. The van der Waals surface area contributed by atoms with Crippen molar-refractivity contribution in [3.8, 4) is 22.5 Å². The summed E-state index contributed by atoms with van der Waals surface area (Å²) in [6.45, 7) is 2.63. The first-order chi connectivity index (χ1) is 19.5. The van der Waals surface area contributed by atoms with Gasteiger partial charge in [-0.3, -0.25) is 14.6 Å². The van der Waals surface area contributed by atoms with Crippen LogP contribution in [-0.2, 0) is 16.0 Å². The number of nitrogens with one attached hydrogen (secondary N) is 3. The summed E-state index contributed by atoms with van der Waals surface area (Å²) in [5.41, 5.74) is 11.2. The second-order valence-corrected chi connectivity index (χ2v) is 10.4. The second-order valence-electron chi connectivity index (χ2n) is 10.4. The minimum absolute atomic E-state index is 0.0781. The Morgan fingerprint density at radius 2 is 1.73 bits per heavy atom. The molecule has 2 aromatic heterocycles. The SMILES string of the molecule is Cc1ncccc1-c1ccc(CC(NC(=O)C2CCC(CN)CC2)C(=O)Nc2ccc(-c3nn[nH]n3)cc2)cc1. The number of aromatic amines is 1. The molecule has 206 valence electrons. The van der Waals surface area contributed by atoms with E-state index in [0.717, 1.165) is 53.6 Å². The molecule has 0 aliphatic heterocycles. The average Bonchev–Trinajstić information content (AvgIpc) is 3.53. The Labute approximate surface area is 233 Å². The maximum Gasteiger partial charge on any atom is 0.247 e. The van der Waals surface area contributed by atoms with Crippen molar-refractivity contribution >= 4 is 17.5 Å². The Morgan fingerprint density at radius 1 is 1.00 bits per heavy atom. The number of aryl methyl sites for hydroxylation is 1. The number of pyridine rings is 1. The van der Waals surface area contributed by atoms with E-state index in [1.54, 1.807) is 18.3 Å². The first-order valence-corrected chi connectivity index (χ1v) is 13.7. The predicted molar refractivity (Wildman–Crippen MR) is 153 cm³/mol. The van der Waals surface area contributed by atoms with E-state index in [1.165, 1.54) is 0 Å². The Kier molecular flexibility index (Phi) is 8.56. The fraction of sp³-hybridized carbons (Fsp3) is 0.333. The molecule has 0 radical (unpaired) electrons. The lowest BCUT2D eigenvalue weighted by atomic mass is 9.81. The highest BCUT2D eigenvalue weighted by Gasteiger charge is 2.29. The molecule has 10 nitrogen and oxygen atoms in total. The zero-order chi connectivity index (χ0) is 27.9. The molecule has 0 bridgehead atoms. The number of tetrazole rings is 1. The fourth-order valence-electron chi connectivity index (χ4n) is 5.22. The molecule has 2 aromatic carbocycles. The molecule has 2 heterocycles. The van der Waals surface area contributed by atoms with Crippen LogP contribution in [0.1, 0.15) is 36.9 Å². The maximum absolute atomic E-state index is 13.5. The number of hydrogen-bond donors (Lipinski definition) is 4. The van der Waals surface area contributed by atoms with Gasteiger partial charge in [0.05, 0.1) is 0 Å². The van der Waals surface area contributed by atoms with Gasteiger partial charge in [0.25, 0.3) is 0 Å². The van der Waals surface area contributed by atoms with Crippen molar-refractivity contribution in [1.82, 2.24) is 30.9 Å². The van der Waals surface area contributed by atoms with Gasteiger partial charge in [-0.15, -0.1) is 10.2 Å². The molecule has 0 spiro atoms. The van der Waals surface area contributed by atoms with E-state index in [2.05, 4.69) is 36.2 Å². The lowest BCUT2D eigenvalue weighted by molar-refractivity contribution is -0.130. The quantitative estimate of drug-likeness (QED) is 0.254. The lowest BCUT2D eigenvalue weighted by Crippen LogP contribution is -2.48. The topological polar surface area (TPSA) is 152 Å². The van der Waals surface area contributed by atoms with Gasteiger partial charge in [0, 0.05) is 41.0 Å². The van der Waals surface area contributed by atoms with Gasteiger partial charge in [-0.25, -0.2) is 0 Å². The molecule has 5 N–H and O–H groups in total. The van der Waals surface area contributed by atoms with Crippen LogP contribution in [0.15, 0.2) is 66.9 Å². The van der Waals surface area contributed by atoms with Crippen LogP contribution in [0.4, 0.5) is 5.69 Å². The minimum Gasteiger partial charge on any atom is -0.344 e. The van der Waals surface area contributed by atoms with Crippen molar-refractivity contribution < 1.29 is 9.59 Å². The third-order valence-corrected chi connectivity index (χ3v) is 7.65. The van der Waals surface area contributed by atoms with Gasteiger partial charge < -0.3 is 16.4 Å². The molecule has 1 atom stereocenters. The van der Waals surface area contributed by atoms with Crippen molar-refractivity contribution in [1.29, 1.82) is 0 Å². The Morgan fingerprint density at radius 3 is 2.38 bits per heavy atom. The van der Waals surface area contributed by atoms with Crippen LogP contribution in [0, 0.1) is 18.8 Å². The molecule has 1 aliphatic rings. The van der Waals surface area contributed by atoms with Gasteiger partial charge in [-0.1, -0.05) is 30.3 Å². The standard InChI is InChI=1S/C30H34N8O2/c1-19-26(3-2-16-32-19)22-8-4-20(5-9-22)17-27(34-29(39)24-10-6-21(18-31)7-11-24)30(40)33-25-14-12-23(13-15-25)28-35-37-38-36-28/h2-5,8-9,12-16,21,24,27H,6-7,10-11,17-18,31H2,1H3,(H,33,40)(H,34,39)(H,35,36,37,38). The molecule has 1 saturated carbocycles. The zero-order valence-electron chi connectivity index (χ0n) is 22.5. The van der Waals surface area contributed by atoms with Gasteiger partial charge in [-0.2, -0.15) is 5.21 Å². The number of nitrogens with two attached hydrogens (primary N) is 1. The Bertz CT molecular complexity index is 1410. The predicted octanol–water partition coefficient (Wildman–Crippen LogP) is 3.67. The molecule has 1 aliphatic carbocycles. The van der Waals surface area contributed by atoms with E-state index in [-0.39, 0.29) is 17.7 Å². The normalized spacial score (nSPS) is 17.6. The Hall–Kier alpha value is -4.44. The van der Waals surface area contributed by atoms with E-state index in [0.29, 0.717) is 30.4 Å². The van der Waals surface area contributed by atoms with E-state index >= 15 is 0 Å². The first-order valence-electron chi connectivity index (χ1n) is 13.7. The van der Waals surface area contributed by atoms with E-state index in [4.69, 9.17) is 5.73 Å². The van der Waals surface area contributed by atoms with Crippen LogP contribution < -0.4 is 16.4 Å². The van der Waals surface area contributed by atoms with Gasteiger partial charge in [0.1, 0.15) is 6.04 Å². The molecule has 5 rings (SSSR count). The molecule has 1 unspecified atom stereocenters. The first kappa shape index (κ1) is 27.1. The van der Waals surface area contributed by atoms with Crippen molar-refractivity contribution in [2.24, 2.45) is 17.6 Å².